The lowest BCUT2D eigenvalue weighted by Gasteiger charge is -2.31. The molecule has 1 unspecified atom stereocenters. The summed E-state index contributed by atoms with van der Waals surface area (Å²) in [4.78, 5) is 24.4. The van der Waals surface area contributed by atoms with E-state index in [4.69, 9.17) is 23.2 Å². The third-order valence-electron chi connectivity index (χ3n) is 3.40. The van der Waals surface area contributed by atoms with E-state index in [1.165, 1.54) is 12.1 Å². The number of hydrogen-bond acceptors (Lipinski definition) is 3. The van der Waals surface area contributed by atoms with Crippen molar-refractivity contribution in [3.8, 4) is 0 Å². The summed E-state index contributed by atoms with van der Waals surface area (Å²) in [6, 6.07) is 2.58. The Balaban J connectivity index is 2.32. The van der Waals surface area contributed by atoms with E-state index in [0.29, 0.717) is 19.0 Å². The zero-order valence-corrected chi connectivity index (χ0v) is 12.4. The standard InChI is InChI=1S/C13H14Cl2N2O3/c1-8-3-2-4-16(7-8)13(18)9-5-10(14)12(15)11(6-9)17(19)20/h5-6,8H,2-4,7H2,1H3. The first-order valence-corrected chi connectivity index (χ1v) is 7.08. The highest BCUT2D eigenvalue weighted by molar-refractivity contribution is 6.43. The van der Waals surface area contributed by atoms with Crippen molar-refractivity contribution in [2.75, 3.05) is 13.1 Å². The topological polar surface area (TPSA) is 63.5 Å². The first-order chi connectivity index (χ1) is 9.40. The molecule has 20 heavy (non-hydrogen) atoms. The predicted molar refractivity (Wildman–Crippen MR) is 77.4 cm³/mol. The second-order valence-corrected chi connectivity index (χ2v) is 5.83. The maximum atomic E-state index is 12.4. The molecule has 1 atom stereocenters. The number of piperidine rings is 1. The summed E-state index contributed by atoms with van der Waals surface area (Å²) in [6.07, 6.45) is 2.03. The van der Waals surface area contributed by atoms with Crippen LogP contribution >= 0.6 is 23.2 Å². The molecular weight excluding hydrogens is 303 g/mol. The molecule has 0 saturated carbocycles. The Kier molecular flexibility index (Phi) is 4.50. The Bertz CT molecular complexity index is 563. The van der Waals surface area contributed by atoms with Gasteiger partial charge in [-0.05, 0) is 24.8 Å². The molecule has 7 heteroatoms. The number of nitro groups is 1. The van der Waals surface area contributed by atoms with E-state index in [2.05, 4.69) is 6.92 Å². The van der Waals surface area contributed by atoms with Gasteiger partial charge in [0.05, 0.1) is 9.95 Å². The Labute approximate surface area is 126 Å². The Hall–Kier alpha value is -1.33. The minimum Gasteiger partial charge on any atom is -0.338 e. The van der Waals surface area contributed by atoms with Crippen LogP contribution in [0, 0.1) is 16.0 Å². The fraction of sp³-hybridized carbons (Fsp3) is 0.462. The number of nitrogens with zero attached hydrogens (tertiary/aromatic N) is 2. The maximum absolute atomic E-state index is 12.4. The molecule has 1 aliphatic heterocycles. The first kappa shape index (κ1) is 15.1. The molecule has 1 aromatic rings. The fourth-order valence-corrected chi connectivity index (χ4v) is 2.78. The molecule has 2 rings (SSSR count). The summed E-state index contributed by atoms with van der Waals surface area (Å²) < 4.78 is 0. The molecule has 1 aromatic carbocycles. The third-order valence-corrected chi connectivity index (χ3v) is 4.19. The molecule has 0 spiro atoms. The minimum atomic E-state index is -0.635. The highest BCUT2D eigenvalue weighted by Crippen LogP contribution is 2.33. The van der Waals surface area contributed by atoms with Crippen LogP contribution in [-0.4, -0.2) is 28.8 Å². The van der Waals surface area contributed by atoms with Crippen molar-refractivity contribution in [1.29, 1.82) is 0 Å². The number of halogens is 2. The zero-order chi connectivity index (χ0) is 14.9. The predicted octanol–water partition coefficient (Wildman–Crippen LogP) is 3.77. The quantitative estimate of drug-likeness (QED) is 0.616. The normalized spacial score (nSPS) is 18.9. The summed E-state index contributed by atoms with van der Waals surface area (Å²) in [6.45, 7) is 3.40. The molecule has 0 N–H and O–H groups in total. The largest absolute Gasteiger partial charge is 0.338 e. The van der Waals surface area contributed by atoms with Crippen molar-refractivity contribution in [3.05, 3.63) is 37.9 Å². The highest BCUT2D eigenvalue weighted by atomic mass is 35.5. The molecule has 1 aliphatic rings. The Morgan fingerprint density at radius 3 is 2.75 bits per heavy atom. The third kappa shape index (κ3) is 3.04. The monoisotopic (exact) mass is 316 g/mol. The molecule has 108 valence electrons. The highest BCUT2D eigenvalue weighted by Gasteiger charge is 2.25. The summed E-state index contributed by atoms with van der Waals surface area (Å²) >= 11 is 11.6. The molecule has 1 saturated heterocycles. The second-order valence-electron chi connectivity index (χ2n) is 5.05. The number of rotatable bonds is 2. The van der Waals surface area contributed by atoms with Gasteiger partial charge in [-0.25, -0.2) is 0 Å². The Morgan fingerprint density at radius 1 is 1.45 bits per heavy atom. The smallest absolute Gasteiger partial charge is 0.290 e. The van der Waals surface area contributed by atoms with Crippen molar-refractivity contribution in [1.82, 2.24) is 4.90 Å². The van der Waals surface area contributed by atoms with E-state index in [1.807, 2.05) is 0 Å². The number of carbonyl (C=O) groups excluding carboxylic acids is 1. The lowest BCUT2D eigenvalue weighted by Crippen LogP contribution is -2.39. The molecule has 0 radical (unpaired) electrons. The van der Waals surface area contributed by atoms with Crippen molar-refractivity contribution >= 4 is 34.8 Å². The summed E-state index contributed by atoms with van der Waals surface area (Å²) in [7, 11) is 0. The van der Waals surface area contributed by atoms with E-state index in [9.17, 15) is 14.9 Å². The molecular formula is C13H14Cl2N2O3. The van der Waals surface area contributed by atoms with Crippen LogP contribution in [-0.2, 0) is 0 Å². The summed E-state index contributed by atoms with van der Waals surface area (Å²) in [5.74, 6) is 0.198. The second kappa shape index (κ2) is 5.97. The van der Waals surface area contributed by atoms with Gasteiger partial charge < -0.3 is 4.90 Å². The van der Waals surface area contributed by atoms with Gasteiger partial charge in [0.15, 0.2) is 0 Å². The number of carbonyl (C=O) groups is 1. The van der Waals surface area contributed by atoms with Gasteiger partial charge in [0, 0.05) is 24.7 Å². The van der Waals surface area contributed by atoms with Gasteiger partial charge in [0.1, 0.15) is 5.02 Å². The van der Waals surface area contributed by atoms with Gasteiger partial charge in [-0.15, -0.1) is 0 Å². The number of nitro benzene ring substituents is 1. The van der Waals surface area contributed by atoms with Gasteiger partial charge in [0.2, 0.25) is 0 Å². The van der Waals surface area contributed by atoms with E-state index in [0.717, 1.165) is 12.8 Å². The lowest BCUT2D eigenvalue weighted by atomic mass is 9.99. The lowest BCUT2D eigenvalue weighted by molar-refractivity contribution is -0.384. The van der Waals surface area contributed by atoms with E-state index in [-0.39, 0.29) is 27.2 Å². The van der Waals surface area contributed by atoms with Crippen molar-refractivity contribution < 1.29 is 9.72 Å². The van der Waals surface area contributed by atoms with Crippen molar-refractivity contribution in [3.63, 3.8) is 0 Å². The average Bonchev–Trinajstić information content (AvgIpc) is 2.40. The molecule has 1 amide bonds. The maximum Gasteiger partial charge on any atom is 0.290 e. The van der Waals surface area contributed by atoms with Gasteiger partial charge >= 0.3 is 0 Å². The van der Waals surface area contributed by atoms with Crippen LogP contribution in [0.3, 0.4) is 0 Å². The van der Waals surface area contributed by atoms with Crippen LogP contribution in [0.25, 0.3) is 0 Å². The number of benzene rings is 1. The summed E-state index contributed by atoms with van der Waals surface area (Å²) in [5, 5.41) is 10.8. The van der Waals surface area contributed by atoms with Crippen molar-refractivity contribution in [2.45, 2.75) is 19.8 Å². The van der Waals surface area contributed by atoms with Crippen LogP contribution in [0.5, 0.6) is 0 Å². The van der Waals surface area contributed by atoms with Crippen LogP contribution < -0.4 is 0 Å². The van der Waals surface area contributed by atoms with Crippen molar-refractivity contribution in [2.24, 2.45) is 5.92 Å². The Morgan fingerprint density at radius 2 is 2.15 bits per heavy atom. The number of amides is 1. The van der Waals surface area contributed by atoms with E-state index in [1.54, 1.807) is 4.90 Å². The van der Waals surface area contributed by atoms with E-state index < -0.39 is 4.92 Å². The average molecular weight is 317 g/mol. The molecule has 1 heterocycles. The molecule has 5 nitrogen and oxygen atoms in total. The molecule has 0 aromatic heterocycles. The number of likely N-dealkylation sites (tertiary alicyclic amines) is 1. The molecule has 0 bridgehead atoms. The van der Waals surface area contributed by atoms with Gasteiger partial charge in [-0.1, -0.05) is 30.1 Å². The van der Waals surface area contributed by atoms with Crippen LogP contribution in [0.2, 0.25) is 10.0 Å². The number of hydrogen-bond donors (Lipinski definition) is 0. The summed E-state index contributed by atoms with van der Waals surface area (Å²) in [5.41, 5.74) is -0.132. The minimum absolute atomic E-state index is 0.0225. The molecule has 1 fully saturated rings. The van der Waals surface area contributed by atoms with E-state index >= 15 is 0 Å². The van der Waals surface area contributed by atoms with Crippen LogP contribution in [0.1, 0.15) is 30.1 Å². The van der Waals surface area contributed by atoms with Crippen LogP contribution in [0.15, 0.2) is 12.1 Å². The first-order valence-electron chi connectivity index (χ1n) is 6.33. The van der Waals surface area contributed by atoms with Gasteiger partial charge in [-0.2, -0.15) is 0 Å². The van der Waals surface area contributed by atoms with Crippen LogP contribution in [0.4, 0.5) is 5.69 Å². The van der Waals surface area contributed by atoms with Gasteiger partial charge in [0.25, 0.3) is 11.6 Å². The zero-order valence-electron chi connectivity index (χ0n) is 10.9. The molecule has 0 aliphatic carbocycles. The fourth-order valence-electron chi connectivity index (χ4n) is 2.39. The SMILES string of the molecule is CC1CCCN(C(=O)c2cc(Cl)c(Cl)c([N+](=O)[O-])c2)C1. The van der Waals surface area contributed by atoms with Gasteiger partial charge in [-0.3, -0.25) is 14.9 Å².